The molecule has 148 valence electrons. The van der Waals surface area contributed by atoms with Gasteiger partial charge in [0.25, 0.3) is 10.0 Å². The largest absolute Gasteiger partial charge is 0.505 e. The molecule has 0 amide bonds. The molecule has 0 atom stereocenters. The Bertz CT molecular complexity index is 1210. The Kier molecular flexibility index (Phi) is 5.14. The Balaban J connectivity index is 1.59. The molecule has 0 fully saturated rings. The van der Waals surface area contributed by atoms with E-state index in [9.17, 15) is 13.5 Å². The number of fused-ring (bicyclic) bond motifs is 1. The minimum atomic E-state index is -3.64. The predicted octanol–water partition coefficient (Wildman–Crippen LogP) is 5.63. The van der Waals surface area contributed by atoms with Crippen molar-refractivity contribution in [3.8, 4) is 5.75 Å². The van der Waals surface area contributed by atoms with Crippen molar-refractivity contribution >= 4 is 43.0 Å². The fourth-order valence-electron chi connectivity index (χ4n) is 3.28. The maximum absolute atomic E-state index is 13.0. The van der Waals surface area contributed by atoms with Crippen LogP contribution in [0.3, 0.4) is 0 Å². The smallest absolute Gasteiger partial charge is 0.264 e. The molecule has 0 aromatic heterocycles. The molecule has 4 rings (SSSR count). The Morgan fingerprint density at radius 2 is 1.76 bits per heavy atom. The molecular weight excluding hydrogens is 454 g/mol. The van der Waals surface area contributed by atoms with Crippen LogP contribution in [0.25, 0.3) is 0 Å². The molecule has 1 aliphatic heterocycles. The molecule has 3 aromatic rings. The molecule has 0 unspecified atom stereocenters. The maximum atomic E-state index is 13.0. The number of azo groups is 1. The van der Waals surface area contributed by atoms with E-state index in [-0.39, 0.29) is 10.6 Å². The quantitative estimate of drug-likeness (QED) is 0.500. The van der Waals surface area contributed by atoms with Gasteiger partial charge in [-0.2, -0.15) is 5.11 Å². The summed E-state index contributed by atoms with van der Waals surface area (Å²) in [6.45, 7) is 2.21. The van der Waals surface area contributed by atoms with E-state index in [0.717, 1.165) is 15.7 Å². The number of sulfonamides is 1. The number of nitrogens with zero attached hydrogens (tertiary/aromatic N) is 3. The normalized spacial score (nSPS) is 13.8. The van der Waals surface area contributed by atoms with Crippen molar-refractivity contribution in [3.63, 3.8) is 0 Å². The van der Waals surface area contributed by atoms with Crippen LogP contribution in [0.4, 0.5) is 17.1 Å². The van der Waals surface area contributed by atoms with Crippen molar-refractivity contribution in [3.05, 3.63) is 76.3 Å². The van der Waals surface area contributed by atoms with Gasteiger partial charge in [0, 0.05) is 11.0 Å². The van der Waals surface area contributed by atoms with Gasteiger partial charge in [-0.3, -0.25) is 4.31 Å². The van der Waals surface area contributed by atoms with E-state index < -0.39 is 10.0 Å². The van der Waals surface area contributed by atoms with Crippen molar-refractivity contribution in [1.29, 1.82) is 0 Å². The second kappa shape index (κ2) is 7.61. The molecule has 29 heavy (non-hydrogen) atoms. The van der Waals surface area contributed by atoms with E-state index in [2.05, 4.69) is 26.2 Å². The highest BCUT2D eigenvalue weighted by molar-refractivity contribution is 9.10. The van der Waals surface area contributed by atoms with Crippen molar-refractivity contribution in [2.75, 3.05) is 10.8 Å². The number of anilines is 1. The first-order valence-corrected chi connectivity index (χ1v) is 11.2. The van der Waals surface area contributed by atoms with Crippen LogP contribution >= 0.6 is 15.9 Å². The fraction of sp³-hybridized carbons (Fsp3) is 0.143. The number of hydrogen-bond acceptors (Lipinski definition) is 5. The SMILES string of the molecule is Cc1cc(Br)cc(N=Nc2ccc(S(=O)(=O)N3CCc4ccccc43)cc2)c1O. The molecule has 1 heterocycles. The lowest BCUT2D eigenvalue weighted by Gasteiger charge is -2.19. The average molecular weight is 472 g/mol. The van der Waals surface area contributed by atoms with Crippen LogP contribution < -0.4 is 4.31 Å². The van der Waals surface area contributed by atoms with E-state index in [1.54, 1.807) is 31.2 Å². The number of phenolic OH excluding ortho intramolecular Hbond substituents is 1. The lowest BCUT2D eigenvalue weighted by atomic mass is 10.2. The highest BCUT2D eigenvalue weighted by Gasteiger charge is 2.30. The van der Waals surface area contributed by atoms with Gasteiger partial charge in [0.15, 0.2) is 0 Å². The van der Waals surface area contributed by atoms with Gasteiger partial charge >= 0.3 is 0 Å². The molecule has 3 aromatic carbocycles. The van der Waals surface area contributed by atoms with Crippen LogP contribution in [0.1, 0.15) is 11.1 Å². The summed E-state index contributed by atoms with van der Waals surface area (Å²) in [5, 5.41) is 18.3. The number of phenols is 1. The average Bonchev–Trinajstić information content (AvgIpc) is 3.15. The predicted molar refractivity (Wildman–Crippen MR) is 116 cm³/mol. The highest BCUT2D eigenvalue weighted by atomic mass is 79.9. The molecule has 0 bridgehead atoms. The number of para-hydroxylation sites is 1. The topological polar surface area (TPSA) is 82.3 Å². The van der Waals surface area contributed by atoms with Gasteiger partial charge in [-0.05, 0) is 66.9 Å². The molecular formula is C21H18BrN3O3S. The third kappa shape index (κ3) is 3.77. The van der Waals surface area contributed by atoms with Crippen LogP contribution in [0.2, 0.25) is 0 Å². The minimum Gasteiger partial charge on any atom is -0.505 e. The maximum Gasteiger partial charge on any atom is 0.264 e. The number of benzene rings is 3. The Labute approximate surface area is 177 Å². The van der Waals surface area contributed by atoms with E-state index >= 15 is 0 Å². The molecule has 0 saturated heterocycles. The van der Waals surface area contributed by atoms with Gasteiger partial charge in [0.1, 0.15) is 11.4 Å². The minimum absolute atomic E-state index is 0.0591. The molecule has 0 aliphatic carbocycles. The Morgan fingerprint density at radius 1 is 1.03 bits per heavy atom. The number of halogens is 1. The molecule has 0 spiro atoms. The van der Waals surface area contributed by atoms with Crippen molar-refractivity contribution in [2.45, 2.75) is 18.2 Å². The second-order valence-electron chi connectivity index (χ2n) is 6.74. The van der Waals surface area contributed by atoms with E-state index in [1.165, 1.54) is 16.4 Å². The first kappa shape index (κ1) is 19.6. The van der Waals surface area contributed by atoms with Crippen LogP contribution in [0, 0.1) is 6.92 Å². The van der Waals surface area contributed by atoms with Gasteiger partial charge in [-0.15, -0.1) is 5.11 Å². The van der Waals surface area contributed by atoms with Gasteiger partial charge in [0.05, 0.1) is 16.3 Å². The number of aromatic hydroxyl groups is 1. The molecule has 8 heteroatoms. The molecule has 6 nitrogen and oxygen atoms in total. The zero-order chi connectivity index (χ0) is 20.6. The Morgan fingerprint density at radius 3 is 2.52 bits per heavy atom. The van der Waals surface area contributed by atoms with Gasteiger partial charge < -0.3 is 5.11 Å². The van der Waals surface area contributed by atoms with Crippen molar-refractivity contribution in [2.24, 2.45) is 10.2 Å². The van der Waals surface area contributed by atoms with E-state index in [0.29, 0.717) is 29.9 Å². The standard InChI is InChI=1S/C21H18BrN3O3S/c1-14-12-16(22)13-19(21(14)26)24-23-17-6-8-18(9-7-17)29(27,28)25-11-10-15-4-2-3-5-20(15)25/h2-9,12-13,26H,10-11H2,1H3. The first-order valence-electron chi connectivity index (χ1n) is 8.98. The summed E-state index contributed by atoms with van der Waals surface area (Å²) in [7, 11) is -3.64. The van der Waals surface area contributed by atoms with Crippen LogP contribution in [0.5, 0.6) is 5.75 Å². The lowest BCUT2D eigenvalue weighted by Crippen LogP contribution is -2.29. The first-order chi connectivity index (χ1) is 13.9. The molecule has 0 radical (unpaired) electrons. The summed E-state index contributed by atoms with van der Waals surface area (Å²) in [5.41, 5.74) is 3.27. The number of hydrogen-bond donors (Lipinski definition) is 1. The monoisotopic (exact) mass is 471 g/mol. The summed E-state index contributed by atoms with van der Waals surface area (Å²) in [5.74, 6) is 0.0591. The Hall–Kier alpha value is -2.71. The summed E-state index contributed by atoms with van der Waals surface area (Å²) in [4.78, 5) is 0.203. The van der Waals surface area contributed by atoms with Gasteiger partial charge in [-0.25, -0.2) is 8.42 Å². The number of aryl methyl sites for hydroxylation is 1. The zero-order valence-electron chi connectivity index (χ0n) is 15.6. The van der Waals surface area contributed by atoms with Gasteiger partial charge in [0.2, 0.25) is 0 Å². The molecule has 1 N–H and O–H groups in total. The van der Waals surface area contributed by atoms with E-state index in [1.807, 2.05) is 24.3 Å². The summed E-state index contributed by atoms with van der Waals surface area (Å²) >= 11 is 3.36. The summed E-state index contributed by atoms with van der Waals surface area (Å²) < 4.78 is 28.3. The molecule has 0 saturated carbocycles. The van der Waals surface area contributed by atoms with Crippen molar-refractivity contribution in [1.82, 2.24) is 0 Å². The summed E-state index contributed by atoms with van der Waals surface area (Å²) in [6.07, 6.45) is 0.706. The third-order valence-electron chi connectivity index (χ3n) is 4.79. The van der Waals surface area contributed by atoms with Crippen molar-refractivity contribution < 1.29 is 13.5 Å². The second-order valence-corrected chi connectivity index (χ2v) is 9.52. The van der Waals surface area contributed by atoms with Crippen LogP contribution in [-0.2, 0) is 16.4 Å². The summed E-state index contributed by atoms with van der Waals surface area (Å²) in [6, 6.07) is 17.2. The number of rotatable bonds is 4. The van der Waals surface area contributed by atoms with Gasteiger partial charge in [-0.1, -0.05) is 34.1 Å². The lowest BCUT2D eigenvalue weighted by molar-refractivity contribution is 0.472. The zero-order valence-corrected chi connectivity index (χ0v) is 18.0. The van der Waals surface area contributed by atoms with Crippen LogP contribution in [0.15, 0.2) is 80.3 Å². The fourth-order valence-corrected chi connectivity index (χ4v) is 5.34. The van der Waals surface area contributed by atoms with E-state index in [4.69, 9.17) is 0 Å². The highest BCUT2D eigenvalue weighted by Crippen LogP contribution is 2.35. The third-order valence-corrected chi connectivity index (χ3v) is 7.07. The van der Waals surface area contributed by atoms with Crippen LogP contribution in [-0.4, -0.2) is 20.1 Å². The molecule has 1 aliphatic rings.